The lowest BCUT2D eigenvalue weighted by molar-refractivity contribution is 1.14. The van der Waals surface area contributed by atoms with Gasteiger partial charge in [-0.2, -0.15) is 0 Å². The third kappa shape index (κ3) is 6.03. The van der Waals surface area contributed by atoms with Gasteiger partial charge in [-0.3, -0.25) is 4.57 Å². The molecule has 0 saturated heterocycles. The summed E-state index contributed by atoms with van der Waals surface area (Å²) in [6.07, 6.45) is 4.20. The maximum atomic E-state index is 6.98. The van der Waals surface area contributed by atoms with Gasteiger partial charge < -0.3 is 5.73 Å². The SMILES string of the molecule is C/C=C\c1c(N)n(-c2ccccc2)c2ccc(-c3ccccc3-c3cc(-c4ccccc4)ccc3-c3c4ccccc4c(-c4cccc5ccccc45)c4ccccc34)cc12. The molecule has 0 radical (unpaired) electrons. The summed E-state index contributed by atoms with van der Waals surface area (Å²) in [4.78, 5) is 0. The summed E-state index contributed by atoms with van der Waals surface area (Å²) in [6.45, 7) is 2.05. The summed E-state index contributed by atoms with van der Waals surface area (Å²) in [5.41, 5.74) is 22.1. The number of aromatic nitrogens is 1. The molecule has 0 fully saturated rings. The van der Waals surface area contributed by atoms with Crippen molar-refractivity contribution < 1.29 is 0 Å². The van der Waals surface area contributed by atoms with Gasteiger partial charge in [0.1, 0.15) is 5.82 Å². The molecular weight excluding hydrogens is 737 g/mol. The highest BCUT2D eigenvalue weighted by molar-refractivity contribution is 6.24. The Balaban J connectivity index is 1.20. The molecule has 0 aliphatic carbocycles. The van der Waals surface area contributed by atoms with Crippen molar-refractivity contribution in [2.24, 2.45) is 0 Å². The van der Waals surface area contributed by atoms with E-state index in [9.17, 15) is 0 Å². The van der Waals surface area contributed by atoms with Gasteiger partial charge in [0.15, 0.2) is 0 Å². The number of nitrogen functional groups attached to an aromatic ring is 1. The molecule has 0 atom stereocenters. The van der Waals surface area contributed by atoms with Crippen molar-refractivity contribution in [1.82, 2.24) is 4.57 Å². The Morgan fingerprint density at radius 2 is 0.918 bits per heavy atom. The second kappa shape index (κ2) is 15.0. The van der Waals surface area contributed by atoms with E-state index in [1.807, 2.05) is 13.0 Å². The van der Waals surface area contributed by atoms with Crippen LogP contribution in [0.25, 0.3) is 111 Å². The summed E-state index contributed by atoms with van der Waals surface area (Å²) < 4.78 is 2.17. The van der Waals surface area contributed by atoms with E-state index in [0.29, 0.717) is 0 Å². The number of hydrogen-bond donors (Lipinski definition) is 1. The van der Waals surface area contributed by atoms with Crippen LogP contribution < -0.4 is 5.73 Å². The second-order valence-corrected chi connectivity index (χ2v) is 15.7. The maximum Gasteiger partial charge on any atom is 0.116 e. The van der Waals surface area contributed by atoms with E-state index in [4.69, 9.17) is 5.73 Å². The minimum atomic E-state index is 0.730. The van der Waals surface area contributed by atoms with Crippen molar-refractivity contribution in [3.05, 3.63) is 224 Å². The Bertz CT molecular complexity index is 3420. The molecule has 2 heteroatoms. The van der Waals surface area contributed by atoms with Crippen molar-refractivity contribution in [2.75, 3.05) is 5.73 Å². The smallest absolute Gasteiger partial charge is 0.116 e. The van der Waals surface area contributed by atoms with Gasteiger partial charge in [-0.05, 0) is 125 Å². The zero-order valence-electron chi connectivity index (χ0n) is 33.9. The number of anilines is 1. The Labute approximate surface area is 356 Å². The van der Waals surface area contributed by atoms with Gasteiger partial charge in [0.2, 0.25) is 0 Å². The number of nitrogens with zero attached hydrogens (tertiary/aromatic N) is 1. The Hall–Kier alpha value is -7.94. The predicted octanol–water partition coefficient (Wildman–Crippen LogP) is 16.0. The lowest BCUT2D eigenvalue weighted by Gasteiger charge is -2.22. The molecule has 288 valence electrons. The highest BCUT2D eigenvalue weighted by Gasteiger charge is 2.22. The molecular formula is C59H42N2. The molecule has 0 amide bonds. The van der Waals surface area contributed by atoms with E-state index < -0.39 is 0 Å². The van der Waals surface area contributed by atoms with Gasteiger partial charge in [0.05, 0.1) is 5.52 Å². The van der Waals surface area contributed by atoms with Gasteiger partial charge in [-0.15, -0.1) is 0 Å². The molecule has 0 aliphatic heterocycles. The first-order valence-electron chi connectivity index (χ1n) is 21.0. The van der Waals surface area contributed by atoms with Crippen molar-refractivity contribution in [3.8, 4) is 61.3 Å². The van der Waals surface area contributed by atoms with Crippen LogP contribution in [0.2, 0.25) is 0 Å². The number of fused-ring (bicyclic) bond motifs is 4. The van der Waals surface area contributed by atoms with Crippen LogP contribution in [0.4, 0.5) is 5.82 Å². The summed E-state index contributed by atoms with van der Waals surface area (Å²) >= 11 is 0. The monoisotopic (exact) mass is 778 g/mol. The largest absolute Gasteiger partial charge is 0.384 e. The molecule has 0 saturated carbocycles. The van der Waals surface area contributed by atoms with E-state index in [1.165, 1.54) is 76.8 Å². The lowest BCUT2D eigenvalue weighted by Crippen LogP contribution is -2.00. The first-order chi connectivity index (χ1) is 30.2. The average molecular weight is 779 g/mol. The molecule has 0 aliphatic rings. The number of benzene rings is 10. The lowest BCUT2D eigenvalue weighted by atomic mass is 9.81. The molecule has 10 aromatic carbocycles. The minimum absolute atomic E-state index is 0.730. The fraction of sp³-hybridized carbons (Fsp3) is 0.0169. The molecule has 1 aromatic heterocycles. The van der Waals surface area contributed by atoms with Gasteiger partial charge in [-0.25, -0.2) is 0 Å². The molecule has 0 bridgehead atoms. The topological polar surface area (TPSA) is 30.9 Å². The number of hydrogen-bond acceptors (Lipinski definition) is 1. The van der Waals surface area contributed by atoms with E-state index in [2.05, 4.69) is 223 Å². The standard InChI is InChI=1S/C59H42N2/c1-2-18-53-55-38-42(34-36-56(55)61(59(53)60)43-23-7-4-8-24-43)45-26-11-12-27-46(45)54-37-41(39-19-5-3-6-20-39)33-35-52(54)58-50-30-15-13-28-48(50)57(49-29-14-16-31-51(49)58)47-32-17-22-40-21-9-10-25-44(40)47/h2-38H,60H2,1H3/b18-2-. The van der Waals surface area contributed by atoms with Crippen LogP contribution in [0.1, 0.15) is 12.5 Å². The fourth-order valence-electron chi connectivity index (χ4n) is 9.62. The molecule has 11 rings (SSSR count). The molecule has 1 heterocycles. The molecule has 11 aromatic rings. The van der Waals surface area contributed by atoms with Crippen molar-refractivity contribution in [3.63, 3.8) is 0 Å². The molecule has 0 unspecified atom stereocenters. The number of rotatable bonds is 7. The van der Waals surface area contributed by atoms with Gasteiger partial charge in [0, 0.05) is 16.6 Å². The number of allylic oxidation sites excluding steroid dienone is 1. The molecule has 61 heavy (non-hydrogen) atoms. The highest BCUT2D eigenvalue weighted by Crippen LogP contribution is 2.49. The minimum Gasteiger partial charge on any atom is -0.384 e. The fourth-order valence-corrected chi connectivity index (χ4v) is 9.62. The Kier molecular flexibility index (Phi) is 8.90. The second-order valence-electron chi connectivity index (χ2n) is 15.7. The van der Waals surface area contributed by atoms with Crippen LogP contribution in [-0.4, -0.2) is 4.57 Å². The van der Waals surface area contributed by atoms with Crippen LogP contribution in [0, 0.1) is 0 Å². The van der Waals surface area contributed by atoms with Crippen LogP contribution in [0.3, 0.4) is 0 Å². The number of para-hydroxylation sites is 1. The van der Waals surface area contributed by atoms with Crippen molar-refractivity contribution in [1.29, 1.82) is 0 Å². The first kappa shape index (κ1) is 36.2. The van der Waals surface area contributed by atoms with Crippen LogP contribution >= 0.6 is 0 Å². The van der Waals surface area contributed by atoms with E-state index in [0.717, 1.165) is 39.1 Å². The van der Waals surface area contributed by atoms with E-state index in [1.54, 1.807) is 0 Å². The highest BCUT2D eigenvalue weighted by atomic mass is 15.1. The summed E-state index contributed by atoms with van der Waals surface area (Å²) in [7, 11) is 0. The summed E-state index contributed by atoms with van der Waals surface area (Å²) in [5.74, 6) is 0.730. The van der Waals surface area contributed by atoms with Crippen LogP contribution in [0.15, 0.2) is 218 Å². The number of nitrogens with two attached hydrogens (primary N) is 1. The molecule has 2 nitrogen and oxygen atoms in total. The summed E-state index contributed by atoms with van der Waals surface area (Å²) in [5, 5.41) is 8.54. The zero-order chi connectivity index (χ0) is 40.9. The first-order valence-corrected chi connectivity index (χ1v) is 21.0. The Morgan fingerprint density at radius 3 is 1.61 bits per heavy atom. The summed E-state index contributed by atoms with van der Waals surface area (Å²) in [6, 6.07) is 77.2. The normalized spacial score (nSPS) is 11.7. The van der Waals surface area contributed by atoms with Crippen molar-refractivity contribution >= 4 is 55.1 Å². The van der Waals surface area contributed by atoms with Crippen LogP contribution in [0.5, 0.6) is 0 Å². The van der Waals surface area contributed by atoms with E-state index >= 15 is 0 Å². The van der Waals surface area contributed by atoms with Gasteiger partial charge in [0.25, 0.3) is 0 Å². The maximum absolute atomic E-state index is 6.98. The third-order valence-electron chi connectivity index (χ3n) is 12.3. The van der Waals surface area contributed by atoms with Gasteiger partial charge in [-0.1, -0.05) is 194 Å². The Morgan fingerprint density at radius 1 is 0.377 bits per heavy atom. The van der Waals surface area contributed by atoms with E-state index in [-0.39, 0.29) is 0 Å². The van der Waals surface area contributed by atoms with Crippen molar-refractivity contribution in [2.45, 2.75) is 6.92 Å². The quantitative estimate of drug-likeness (QED) is 0.161. The van der Waals surface area contributed by atoms with Crippen LogP contribution in [-0.2, 0) is 0 Å². The average Bonchev–Trinajstić information content (AvgIpc) is 3.60. The molecule has 0 spiro atoms. The van der Waals surface area contributed by atoms with Gasteiger partial charge >= 0.3 is 0 Å². The predicted molar refractivity (Wildman–Crippen MR) is 262 cm³/mol. The third-order valence-corrected chi connectivity index (χ3v) is 12.3. The zero-order valence-corrected chi connectivity index (χ0v) is 33.9. The molecule has 2 N–H and O–H groups in total.